The molecule has 4 fully saturated rings. The predicted octanol–water partition coefficient (Wildman–Crippen LogP) is 2.09. The highest BCUT2D eigenvalue weighted by atomic mass is 16.2. The lowest BCUT2D eigenvalue weighted by molar-refractivity contribution is -0.138. The normalized spacial score (nSPS) is 26.4. The molecule has 0 N–H and O–H groups in total. The topological polar surface area (TPSA) is 44.6 Å². The van der Waals surface area contributed by atoms with Crippen molar-refractivity contribution in [3.8, 4) is 0 Å². The molecule has 1 amide bonds. The number of imidazole rings is 1. The van der Waals surface area contributed by atoms with Crippen LogP contribution in [0, 0.1) is 5.92 Å². The largest absolute Gasteiger partial charge is 0.342 e. The number of carbonyl (C=O) groups excluding carboxylic acids is 1. The van der Waals surface area contributed by atoms with Crippen molar-refractivity contribution in [3.63, 3.8) is 0 Å². The number of benzene rings is 1. The van der Waals surface area contributed by atoms with Gasteiger partial charge in [0.05, 0.1) is 17.6 Å². The number of hydrogen-bond donors (Lipinski definition) is 0. The molecule has 27 heavy (non-hydrogen) atoms. The molecule has 5 heterocycles. The van der Waals surface area contributed by atoms with Gasteiger partial charge in [0.25, 0.3) is 0 Å². The molecule has 1 aromatic carbocycles. The number of nitrogens with zero attached hydrogens (tertiary/aromatic N) is 5. The Kier molecular flexibility index (Phi) is 4.11. The predicted molar refractivity (Wildman–Crippen MR) is 107 cm³/mol. The maximum Gasteiger partial charge on any atom is 0.236 e. The van der Waals surface area contributed by atoms with Gasteiger partial charge in [-0.3, -0.25) is 9.69 Å². The monoisotopic (exact) mass is 367 g/mol. The summed E-state index contributed by atoms with van der Waals surface area (Å²) in [5, 5.41) is 0. The minimum atomic E-state index is 0.327. The van der Waals surface area contributed by atoms with Gasteiger partial charge in [-0.25, -0.2) is 4.98 Å². The first-order valence-corrected chi connectivity index (χ1v) is 10.3. The van der Waals surface area contributed by atoms with Gasteiger partial charge >= 0.3 is 0 Å². The number of aryl methyl sites for hydroxylation is 1. The van der Waals surface area contributed by atoms with Crippen LogP contribution in [-0.4, -0.2) is 70.1 Å². The standard InChI is InChI=1S/C21H29N5O/c1-15-7-9-24(10-8-15)20(27)14-26-16-11-17(26)13-25(12-16)21-22-18-5-3-4-6-19(18)23(21)2/h3-6,15-17H,7-14H2,1-2H3. The van der Waals surface area contributed by atoms with Crippen LogP contribution in [0.3, 0.4) is 0 Å². The van der Waals surface area contributed by atoms with Crippen LogP contribution >= 0.6 is 0 Å². The van der Waals surface area contributed by atoms with E-state index in [2.05, 4.69) is 51.4 Å². The molecule has 1 aromatic heterocycles. The molecule has 4 aliphatic heterocycles. The third kappa shape index (κ3) is 2.90. The highest BCUT2D eigenvalue weighted by Crippen LogP contribution is 2.35. The fourth-order valence-corrected chi connectivity index (χ4v) is 5.04. The van der Waals surface area contributed by atoms with Crippen molar-refractivity contribution in [2.75, 3.05) is 37.6 Å². The van der Waals surface area contributed by atoms with Gasteiger partial charge in [0, 0.05) is 45.3 Å². The quantitative estimate of drug-likeness (QED) is 0.833. The van der Waals surface area contributed by atoms with Crippen LogP contribution in [-0.2, 0) is 11.8 Å². The van der Waals surface area contributed by atoms with Gasteiger partial charge in [-0.1, -0.05) is 19.1 Å². The number of fused-ring (bicyclic) bond motifs is 3. The summed E-state index contributed by atoms with van der Waals surface area (Å²) in [4.78, 5) is 24.5. The second kappa shape index (κ2) is 6.51. The SMILES string of the molecule is CC1CCN(C(=O)CN2C3CC2CN(c2nc4ccccc4n2C)C3)CC1. The van der Waals surface area contributed by atoms with Crippen molar-refractivity contribution in [1.82, 2.24) is 19.4 Å². The number of likely N-dealkylation sites (tertiary alicyclic amines) is 1. The van der Waals surface area contributed by atoms with Crippen LogP contribution in [0.15, 0.2) is 24.3 Å². The van der Waals surface area contributed by atoms with E-state index in [0.717, 1.165) is 56.4 Å². The molecule has 0 radical (unpaired) electrons. The van der Waals surface area contributed by atoms with E-state index in [-0.39, 0.29) is 0 Å². The first-order chi connectivity index (χ1) is 13.1. The average Bonchev–Trinajstić information content (AvgIpc) is 3.03. The van der Waals surface area contributed by atoms with E-state index < -0.39 is 0 Å². The maximum absolute atomic E-state index is 12.7. The average molecular weight is 367 g/mol. The number of piperidine rings is 2. The molecule has 0 spiro atoms. The Bertz CT molecular complexity index is 841. The minimum absolute atomic E-state index is 0.327. The molecular formula is C21H29N5O. The zero-order chi connectivity index (χ0) is 18.5. The molecule has 6 heteroatoms. The van der Waals surface area contributed by atoms with Crippen molar-refractivity contribution in [1.29, 1.82) is 0 Å². The van der Waals surface area contributed by atoms with Gasteiger partial charge in [0.15, 0.2) is 0 Å². The first kappa shape index (κ1) is 17.0. The van der Waals surface area contributed by atoms with Gasteiger partial charge in [-0.15, -0.1) is 0 Å². The van der Waals surface area contributed by atoms with Crippen molar-refractivity contribution >= 4 is 22.9 Å². The molecule has 2 atom stereocenters. The Hall–Kier alpha value is -2.08. The number of carbonyl (C=O) groups is 1. The zero-order valence-electron chi connectivity index (χ0n) is 16.3. The molecular weight excluding hydrogens is 338 g/mol. The molecule has 0 saturated carbocycles. The third-order valence-corrected chi connectivity index (χ3v) is 6.85. The van der Waals surface area contributed by atoms with Crippen LogP contribution in [0.1, 0.15) is 26.2 Å². The Labute approximate surface area is 160 Å². The summed E-state index contributed by atoms with van der Waals surface area (Å²) in [5.74, 6) is 2.15. The first-order valence-electron chi connectivity index (χ1n) is 10.3. The summed E-state index contributed by atoms with van der Waals surface area (Å²) in [5.41, 5.74) is 2.23. The summed E-state index contributed by atoms with van der Waals surface area (Å²) < 4.78 is 2.20. The van der Waals surface area contributed by atoms with E-state index in [1.165, 1.54) is 11.9 Å². The molecule has 6 nitrogen and oxygen atoms in total. The van der Waals surface area contributed by atoms with Gasteiger partial charge in [-0.05, 0) is 37.3 Å². The maximum atomic E-state index is 12.7. The molecule has 4 aliphatic rings. The second-order valence-electron chi connectivity index (χ2n) is 8.64. The van der Waals surface area contributed by atoms with E-state index in [0.29, 0.717) is 24.5 Å². The molecule has 2 unspecified atom stereocenters. The number of aromatic nitrogens is 2. The Morgan fingerprint density at radius 3 is 2.56 bits per heavy atom. The Balaban J connectivity index is 1.24. The zero-order valence-corrected chi connectivity index (χ0v) is 16.3. The summed E-state index contributed by atoms with van der Waals surface area (Å²) in [7, 11) is 2.10. The molecule has 4 saturated heterocycles. The van der Waals surface area contributed by atoms with E-state index in [1.807, 2.05) is 6.07 Å². The summed E-state index contributed by atoms with van der Waals surface area (Å²) in [6.45, 7) is 6.71. The Morgan fingerprint density at radius 2 is 1.85 bits per heavy atom. The smallest absolute Gasteiger partial charge is 0.236 e. The number of amides is 1. The lowest BCUT2D eigenvalue weighted by Crippen LogP contribution is -2.70. The van der Waals surface area contributed by atoms with Crippen LogP contribution in [0.4, 0.5) is 5.95 Å². The highest BCUT2D eigenvalue weighted by molar-refractivity contribution is 5.79. The van der Waals surface area contributed by atoms with E-state index in [9.17, 15) is 4.79 Å². The minimum Gasteiger partial charge on any atom is -0.342 e. The van der Waals surface area contributed by atoms with Crippen molar-refractivity contribution in [2.24, 2.45) is 13.0 Å². The summed E-state index contributed by atoms with van der Waals surface area (Å²) in [6.07, 6.45) is 3.52. The molecule has 6 rings (SSSR count). The number of rotatable bonds is 3. The number of piperazine rings is 1. The van der Waals surface area contributed by atoms with Gasteiger partial charge in [0.2, 0.25) is 11.9 Å². The molecule has 0 aliphatic carbocycles. The molecule has 2 bridgehead atoms. The highest BCUT2D eigenvalue weighted by Gasteiger charge is 2.46. The summed E-state index contributed by atoms with van der Waals surface area (Å²) in [6, 6.07) is 9.28. The van der Waals surface area contributed by atoms with Crippen molar-refractivity contribution in [2.45, 2.75) is 38.3 Å². The lowest BCUT2D eigenvalue weighted by atomic mass is 9.87. The van der Waals surface area contributed by atoms with E-state index in [4.69, 9.17) is 4.98 Å². The van der Waals surface area contributed by atoms with E-state index in [1.54, 1.807) is 0 Å². The second-order valence-corrected chi connectivity index (χ2v) is 8.64. The van der Waals surface area contributed by atoms with Crippen molar-refractivity contribution in [3.05, 3.63) is 24.3 Å². The van der Waals surface area contributed by atoms with Crippen LogP contribution in [0.2, 0.25) is 0 Å². The van der Waals surface area contributed by atoms with Gasteiger partial charge in [-0.2, -0.15) is 0 Å². The summed E-state index contributed by atoms with van der Waals surface area (Å²) >= 11 is 0. The van der Waals surface area contributed by atoms with Crippen LogP contribution in [0.25, 0.3) is 11.0 Å². The van der Waals surface area contributed by atoms with Crippen molar-refractivity contribution < 1.29 is 4.79 Å². The third-order valence-electron chi connectivity index (χ3n) is 6.85. The van der Waals surface area contributed by atoms with Crippen LogP contribution in [0.5, 0.6) is 0 Å². The molecule has 144 valence electrons. The van der Waals surface area contributed by atoms with Crippen LogP contribution < -0.4 is 4.90 Å². The Morgan fingerprint density at radius 1 is 1.15 bits per heavy atom. The van der Waals surface area contributed by atoms with Gasteiger partial charge in [0.1, 0.15) is 0 Å². The number of hydrogen-bond acceptors (Lipinski definition) is 4. The fraction of sp³-hybridized carbons (Fsp3) is 0.619. The number of para-hydroxylation sites is 2. The molecule has 2 aromatic rings. The van der Waals surface area contributed by atoms with Gasteiger partial charge < -0.3 is 14.4 Å². The lowest BCUT2D eigenvalue weighted by Gasteiger charge is -2.56. The van der Waals surface area contributed by atoms with E-state index >= 15 is 0 Å². The number of anilines is 1. The fourth-order valence-electron chi connectivity index (χ4n) is 5.04.